The van der Waals surface area contributed by atoms with Crippen LogP contribution < -0.4 is 10.1 Å². The van der Waals surface area contributed by atoms with Gasteiger partial charge in [0.15, 0.2) is 9.84 Å². The largest absolute Gasteiger partial charge is 0.435 e. The number of hydrogen-bond acceptors (Lipinski definition) is 8. The molecule has 0 spiro atoms. The standard InChI is InChI=1S/C19H23F2N3O6S/c1-3-13(17(26)18-24-23-16(4-2)30-18)22-15(25)9-10-31(27,28)11-12-7-5-6-8-14(12)29-19(20)21/h5-8,13,19H,3-4,9-11H2,1-2H3,(H,22,25). The summed E-state index contributed by atoms with van der Waals surface area (Å²) in [6, 6.07) is 4.59. The number of carbonyl (C=O) groups excluding carboxylic acids is 2. The van der Waals surface area contributed by atoms with E-state index in [0.717, 1.165) is 0 Å². The number of carbonyl (C=O) groups is 2. The first kappa shape index (κ1) is 24.4. The number of ketones is 1. The number of nitrogens with zero attached hydrogens (tertiary/aromatic N) is 2. The molecule has 170 valence electrons. The quantitative estimate of drug-likeness (QED) is 0.479. The maximum absolute atomic E-state index is 12.5. The molecule has 1 unspecified atom stereocenters. The highest BCUT2D eigenvalue weighted by molar-refractivity contribution is 7.90. The fraction of sp³-hybridized carbons (Fsp3) is 0.474. The highest BCUT2D eigenvalue weighted by Gasteiger charge is 2.26. The van der Waals surface area contributed by atoms with Crippen molar-refractivity contribution in [1.29, 1.82) is 0 Å². The second kappa shape index (κ2) is 10.9. The van der Waals surface area contributed by atoms with Crippen molar-refractivity contribution in [2.45, 2.75) is 51.5 Å². The maximum atomic E-state index is 12.5. The van der Waals surface area contributed by atoms with Crippen molar-refractivity contribution in [3.8, 4) is 5.75 Å². The summed E-state index contributed by atoms with van der Waals surface area (Å²) >= 11 is 0. The Kier molecular flexibility index (Phi) is 8.60. The smallest absolute Gasteiger partial charge is 0.387 e. The van der Waals surface area contributed by atoms with E-state index < -0.39 is 52.1 Å². The van der Waals surface area contributed by atoms with Gasteiger partial charge in [0.05, 0.1) is 17.5 Å². The first-order chi connectivity index (χ1) is 14.6. The van der Waals surface area contributed by atoms with Crippen molar-refractivity contribution in [1.82, 2.24) is 15.5 Å². The van der Waals surface area contributed by atoms with Gasteiger partial charge < -0.3 is 14.5 Å². The summed E-state index contributed by atoms with van der Waals surface area (Å²) in [5, 5.41) is 9.81. The van der Waals surface area contributed by atoms with Crippen molar-refractivity contribution in [3.05, 3.63) is 41.6 Å². The van der Waals surface area contributed by atoms with Crippen LogP contribution in [0.1, 0.15) is 48.8 Å². The molecule has 0 bridgehead atoms. The van der Waals surface area contributed by atoms with Crippen LogP contribution in [0.25, 0.3) is 0 Å². The van der Waals surface area contributed by atoms with Crippen LogP contribution in [0.5, 0.6) is 5.75 Å². The van der Waals surface area contributed by atoms with E-state index in [-0.39, 0.29) is 29.5 Å². The van der Waals surface area contributed by atoms with Crippen LogP contribution in [-0.4, -0.2) is 48.7 Å². The Morgan fingerprint density at radius 2 is 1.90 bits per heavy atom. The molecule has 1 N–H and O–H groups in total. The summed E-state index contributed by atoms with van der Waals surface area (Å²) < 4.78 is 59.2. The fourth-order valence-corrected chi connectivity index (χ4v) is 4.01. The Labute approximate surface area is 178 Å². The normalized spacial score (nSPS) is 12.5. The average molecular weight is 459 g/mol. The zero-order chi connectivity index (χ0) is 23.0. The zero-order valence-electron chi connectivity index (χ0n) is 17.0. The number of nitrogens with one attached hydrogen (secondary N) is 1. The molecule has 2 aromatic rings. The number of sulfone groups is 1. The molecule has 0 aliphatic heterocycles. The molecule has 0 saturated carbocycles. The van der Waals surface area contributed by atoms with Gasteiger partial charge in [-0.15, -0.1) is 10.2 Å². The lowest BCUT2D eigenvalue weighted by Crippen LogP contribution is -2.41. The summed E-state index contributed by atoms with van der Waals surface area (Å²) in [5.74, 6) is -2.51. The molecule has 1 aromatic heterocycles. The number of aryl methyl sites for hydroxylation is 1. The topological polar surface area (TPSA) is 128 Å². The van der Waals surface area contributed by atoms with Gasteiger partial charge in [0, 0.05) is 18.4 Å². The molecule has 31 heavy (non-hydrogen) atoms. The van der Waals surface area contributed by atoms with Crippen molar-refractivity contribution >= 4 is 21.5 Å². The van der Waals surface area contributed by atoms with E-state index in [1.165, 1.54) is 24.3 Å². The van der Waals surface area contributed by atoms with Crippen LogP contribution in [0.4, 0.5) is 8.78 Å². The van der Waals surface area contributed by atoms with Gasteiger partial charge in [-0.3, -0.25) is 9.59 Å². The van der Waals surface area contributed by atoms with E-state index in [1.807, 2.05) is 0 Å². The second-order valence-corrected chi connectivity index (χ2v) is 8.76. The van der Waals surface area contributed by atoms with Crippen LogP contribution in [0, 0.1) is 0 Å². The molecule has 1 heterocycles. The molecule has 0 radical (unpaired) electrons. The molecule has 0 fully saturated rings. The van der Waals surface area contributed by atoms with Gasteiger partial charge in [-0.25, -0.2) is 8.42 Å². The van der Waals surface area contributed by atoms with E-state index in [4.69, 9.17) is 4.42 Å². The first-order valence-electron chi connectivity index (χ1n) is 9.54. The number of para-hydroxylation sites is 1. The van der Waals surface area contributed by atoms with Crippen LogP contribution >= 0.6 is 0 Å². The molecule has 1 amide bonds. The number of rotatable bonds is 12. The number of amides is 1. The van der Waals surface area contributed by atoms with Gasteiger partial charge >= 0.3 is 6.61 Å². The van der Waals surface area contributed by atoms with Crippen LogP contribution in [-0.2, 0) is 26.8 Å². The molecule has 0 aliphatic carbocycles. The van der Waals surface area contributed by atoms with Crippen LogP contribution in [0.15, 0.2) is 28.7 Å². The third kappa shape index (κ3) is 7.39. The third-order valence-electron chi connectivity index (χ3n) is 4.24. The molecule has 9 nitrogen and oxygen atoms in total. The van der Waals surface area contributed by atoms with Gasteiger partial charge in [0.1, 0.15) is 5.75 Å². The molecule has 0 aliphatic rings. The van der Waals surface area contributed by atoms with Crippen molar-refractivity contribution in [2.24, 2.45) is 0 Å². The van der Waals surface area contributed by atoms with E-state index in [1.54, 1.807) is 13.8 Å². The molecular formula is C19H23F2N3O6S. The maximum Gasteiger partial charge on any atom is 0.387 e. The lowest BCUT2D eigenvalue weighted by Gasteiger charge is -2.14. The third-order valence-corrected chi connectivity index (χ3v) is 5.82. The van der Waals surface area contributed by atoms with Gasteiger partial charge in [-0.1, -0.05) is 32.0 Å². The van der Waals surface area contributed by atoms with E-state index in [2.05, 4.69) is 20.3 Å². The number of hydrogen-bond donors (Lipinski definition) is 1. The molecule has 1 atom stereocenters. The molecule has 2 rings (SSSR count). The van der Waals surface area contributed by atoms with Crippen LogP contribution in [0.2, 0.25) is 0 Å². The molecular weight excluding hydrogens is 436 g/mol. The monoisotopic (exact) mass is 459 g/mol. The summed E-state index contributed by atoms with van der Waals surface area (Å²) in [6.45, 7) is 0.348. The van der Waals surface area contributed by atoms with Gasteiger partial charge in [0.25, 0.3) is 5.89 Å². The Morgan fingerprint density at radius 3 is 2.52 bits per heavy atom. The fourth-order valence-electron chi connectivity index (χ4n) is 2.66. The highest BCUT2D eigenvalue weighted by Crippen LogP contribution is 2.23. The SMILES string of the molecule is CCc1nnc(C(=O)C(CC)NC(=O)CCS(=O)(=O)Cc2ccccc2OC(F)F)o1. The molecule has 12 heteroatoms. The lowest BCUT2D eigenvalue weighted by molar-refractivity contribution is -0.121. The minimum atomic E-state index is -3.81. The summed E-state index contributed by atoms with van der Waals surface area (Å²) in [4.78, 5) is 24.6. The molecule has 1 aromatic carbocycles. The second-order valence-electron chi connectivity index (χ2n) is 6.58. The van der Waals surface area contributed by atoms with E-state index in [0.29, 0.717) is 6.42 Å². The summed E-state index contributed by atoms with van der Waals surface area (Å²) in [7, 11) is -3.81. The minimum Gasteiger partial charge on any atom is -0.435 e. The van der Waals surface area contributed by atoms with E-state index >= 15 is 0 Å². The van der Waals surface area contributed by atoms with Crippen LogP contribution in [0.3, 0.4) is 0 Å². The highest BCUT2D eigenvalue weighted by atomic mass is 32.2. The number of benzene rings is 1. The average Bonchev–Trinajstić information content (AvgIpc) is 3.20. The van der Waals surface area contributed by atoms with Crippen molar-refractivity contribution < 1.29 is 35.9 Å². The number of halogens is 2. The number of aromatic nitrogens is 2. The Hall–Kier alpha value is -2.89. The first-order valence-corrected chi connectivity index (χ1v) is 11.4. The Morgan fingerprint density at radius 1 is 1.19 bits per heavy atom. The summed E-state index contributed by atoms with van der Waals surface area (Å²) in [5.41, 5.74) is 0.0629. The van der Waals surface area contributed by atoms with Gasteiger partial charge in [-0.05, 0) is 12.5 Å². The van der Waals surface area contributed by atoms with Crippen molar-refractivity contribution in [2.75, 3.05) is 5.75 Å². The number of ether oxygens (including phenoxy) is 1. The molecule has 0 saturated heterocycles. The zero-order valence-corrected chi connectivity index (χ0v) is 17.8. The van der Waals surface area contributed by atoms with Gasteiger partial charge in [-0.2, -0.15) is 8.78 Å². The Balaban J connectivity index is 1.95. The number of Topliss-reactive ketones (excluding diaryl/α,β-unsaturated/α-hetero) is 1. The van der Waals surface area contributed by atoms with Crippen molar-refractivity contribution in [3.63, 3.8) is 0 Å². The van der Waals surface area contributed by atoms with E-state index in [9.17, 15) is 26.8 Å². The summed E-state index contributed by atoms with van der Waals surface area (Å²) in [6.07, 6.45) is 0.278. The predicted octanol–water partition coefficient (Wildman–Crippen LogP) is 2.32. The number of alkyl halides is 2. The lowest BCUT2D eigenvalue weighted by atomic mass is 10.1. The predicted molar refractivity (Wildman–Crippen MR) is 105 cm³/mol. The Bertz CT molecular complexity index is 1010. The minimum absolute atomic E-state index is 0.0629. The van der Waals surface area contributed by atoms with Gasteiger partial charge in [0.2, 0.25) is 17.6 Å².